The van der Waals surface area contributed by atoms with Crippen molar-refractivity contribution in [2.24, 2.45) is 0 Å². The first-order valence-corrected chi connectivity index (χ1v) is 9.34. The molecular formula is C19H19ClN2O4S. The molecule has 0 saturated heterocycles. The number of halogens is 1. The number of ether oxygens (including phenoxy) is 3. The van der Waals surface area contributed by atoms with E-state index < -0.39 is 11.7 Å². The number of thiazole rings is 1. The minimum absolute atomic E-state index is 0.418. The van der Waals surface area contributed by atoms with Crippen LogP contribution in [0.15, 0.2) is 36.4 Å². The van der Waals surface area contributed by atoms with E-state index in [1.54, 1.807) is 46.1 Å². The summed E-state index contributed by atoms with van der Waals surface area (Å²) in [5.41, 5.74) is 0.684. The van der Waals surface area contributed by atoms with Crippen LogP contribution in [-0.4, -0.2) is 23.8 Å². The van der Waals surface area contributed by atoms with Gasteiger partial charge in [0.25, 0.3) is 5.19 Å². The Balaban J connectivity index is 1.79. The number of anilines is 1. The third-order valence-electron chi connectivity index (χ3n) is 3.30. The number of fused-ring (bicyclic) bond motifs is 1. The molecule has 8 heteroatoms. The summed E-state index contributed by atoms with van der Waals surface area (Å²) in [5, 5.41) is 3.53. The summed E-state index contributed by atoms with van der Waals surface area (Å²) in [6.07, 6.45) is -0.567. The van der Waals surface area contributed by atoms with Crippen molar-refractivity contribution < 1.29 is 19.0 Å². The molecule has 0 bridgehead atoms. The van der Waals surface area contributed by atoms with Crippen LogP contribution in [0.1, 0.15) is 20.8 Å². The monoisotopic (exact) mass is 406 g/mol. The Morgan fingerprint density at radius 3 is 2.63 bits per heavy atom. The number of methoxy groups -OCH3 is 1. The number of amides is 1. The molecule has 0 aliphatic heterocycles. The van der Waals surface area contributed by atoms with Gasteiger partial charge in [-0.05, 0) is 51.1 Å². The number of hydrogen-bond donors (Lipinski definition) is 1. The Bertz CT molecular complexity index is 981. The summed E-state index contributed by atoms with van der Waals surface area (Å²) < 4.78 is 17.2. The third-order valence-corrected chi connectivity index (χ3v) is 4.41. The van der Waals surface area contributed by atoms with Crippen LogP contribution in [0.25, 0.3) is 10.2 Å². The van der Waals surface area contributed by atoms with Gasteiger partial charge < -0.3 is 14.2 Å². The molecular weight excluding hydrogens is 388 g/mol. The highest BCUT2D eigenvalue weighted by molar-refractivity contribution is 7.20. The van der Waals surface area contributed by atoms with Crippen molar-refractivity contribution >= 4 is 44.9 Å². The zero-order chi connectivity index (χ0) is 19.6. The summed E-state index contributed by atoms with van der Waals surface area (Å²) in [6, 6.07) is 10.5. The molecule has 142 valence electrons. The van der Waals surface area contributed by atoms with Gasteiger partial charge in [0.05, 0.1) is 17.3 Å². The van der Waals surface area contributed by atoms with Crippen molar-refractivity contribution in [3.8, 4) is 16.7 Å². The average molecular weight is 407 g/mol. The number of hydrogen-bond acceptors (Lipinski definition) is 6. The number of aromatic nitrogens is 1. The average Bonchev–Trinajstić information content (AvgIpc) is 2.93. The van der Waals surface area contributed by atoms with Crippen molar-refractivity contribution in [1.82, 2.24) is 4.98 Å². The molecule has 3 rings (SSSR count). The molecule has 0 aliphatic carbocycles. The van der Waals surface area contributed by atoms with Crippen LogP contribution in [0, 0.1) is 0 Å². The minimum Gasteiger partial charge on any atom is -0.497 e. The topological polar surface area (TPSA) is 69.7 Å². The number of rotatable bonds is 4. The Hall–Kier alpha value is -2.51. The van der Waals surface area contributed by atoms with Crippen LogP contribution in [0.5, 0.6) is 16.7 Å². The van der Waals surface area contributed by atoms with Gasteiger partial charge in [-0.3, -0.25) is 5.32 Å². The van der Waals surface area contributed by atoms with Gasteiger partial charge >= 0.3 is 6.09 Å². The molecule has 1 amide bonds. The first-order valence-electron chi connectivity index (χ1n) is 8.15. The summed E-state index contributed by atoms with van der Waals surface area (Å²) in [7, 11) is 1.62. The quantitative estimate of drug-likeness (QED) is 0.567. The van der Waals surface area contributed by atoms with Crippen molar-refractivity contribution in [2.75, 3.05) is 12.4 Å². The van der Waals surface area contributed by atoms with E-state index in [1.807, 2.05) is 18.2 Å². The lowest BCUT2D eigenvalue weighted by molar-refractivity contribution is 0.0636. The van der Waals surface area contributed by atoms with E-state index in [0.29, 0.717) is 21.7 Å². The number of carbonyl (C=O) groups excluding carboxylic acids is 1. The van der Waals surface area contributed by atoms with Crippen LogP contribution in [0.3, 0.4) is 0 Å². The number of nitrogens with one attached hydrogen (secondary N) is 1. The summed E-state index contributed by atoms with van der Waals surface area (Å²) in [6.45, 7) is 5.38. The Labute approximate surface area is 166 Å². The Morgan fingerprint density at radius 1 is 1.15 bits per heavy atom. The lowest BCUT2D eigenvalue weighted by Gasteiger charge is -2.19. The summed E-state index contributed by atoms with van der Waals surface area (Å²) in [5.74, 6) is 1.21. The molecule has 0 fully saturated rings. The minimum atomic E-state index is -0.593. The molecule has 1 heterocycles. The van der Waals surface area contributed by atoms with Gasteiger partial charge in [0.2, 0.25) is 0 Å². The third kappa shape index (κ3) is 5.24. The maximum atomic E-state index is 11.9. The molecule has 0 unspecified atom stereocenters. The van der Waals surface area contributed by atoms with E-state index >= 15 is 0 Å². The van der Waals surface area contributed by atoms with Gasteiger partial charge in [-0.2, -0.15) is 0 Å². The van der Waals surface area contributed by atoms with Gasteiger partial charge in [0.1, 0.15) is 17.1 Å². The number of nitrogens with zero attached hydrogens (tertiary/aromatic N) is 1. The molecule has 27 heavy (non-hydrogen) atoms. The van der Waals surface area contributed by atoms with Crippen molar-refractivity contribution in [3.05, 3.63) is 41.4 Å². The zero-order valence-electron chi connectivity index (χ0n) is 15.3. The van der Waals surface area contributed by atoms with E-state index in [-0.39, 0.29) is 0 Å². The van der Waals surface area contributed by atoms with Crippen molar-refractivity contribution in [3.63, 3.8) is 0 Å². The lowest BCUT2D eigenvalue weighted by atomic mass is 10.2. The first-order chi connectivity index (χ1) is 12.7. The molecule has 1 N–H and O–H groups in total. The molecule has 0 aliphatic rings. The fraction of sp³-hybridized carbons (Fsp3) is 0.263. The second-order valence-corrected chi connectivity index (χ2v) is 8.15. The lowest BCUT2D eigenvalue weighted by Crippen LogP contribution is -2.27. The molecule has 0 atom stereocenters. The van der Waals surface area contributed by atoms with Crippen LogP contribution < -0.4 is 14.8 Å². The van der Waals surface area contributed by atoms with E-state index in [2.05, 4.69) is 10.3 Å². The van der Waals surface area contributed by atoms with Gasteiger partial charge in [0, 0.05) is 16.8 Å². The second-order valence-electron chi connectivity index (χ2n) is 6.72. The van der Waals surface area contributed by atoms with Crippen LogP contribution in [0.2, 0.25) is 5.02 Å². The zero-order valence-corrected chi connectivity index (χ0v) is 16.9. The highest BCUT2D eigenvalue weighted by atomic mass is 35.5. The first kappa shape index (κ1) is 19.3. The highest BCUT2D eigenvalue weighted by Crippen LogP contribution is 2.35. The van der Waals surface area contributed by atoms with E-state index in [9.17, 15) is 4.79 Å². The van der Waals surface area contributed by atoms with Gasteiger partial charge in [-0.15, -0.1) is 0 Å². The van der Waals surface area contributed by atoms with Crippen LogP contribution in [-0.2, 0) is 4.74 Å². The second kappa shape index (κ2) is 7.62. The largest absolute Gasteiger partial charge is 0.497 e. The molecule has 1 aromatic heterocycles. The molecule has 0 radical (unpaired) electrons. The molecule has 2 aromatic carbocycles. The molecule has 0 spiro atoms. The highest BCUT2D eigenvalue weighted by Gasteiger charge is 2.17. The normalized spacial score (nSPS) is 11.3. The summed E-state index contributed by atoms with van der Waals surface area (Å²) >= 11 is 7.53. The van der Waals surface area contributed by atoms with Crippen molar-refractivity contribution in [1.29, 1.82) is 0 Å². The van der Waals surface area contributed by atoms with Gasteiger partial charge in [-0.25, -0.2) is 9.78 Å². The smallest absolute Gasteiger partial charge is 0.412 e. The van der Waals surface area contributed by atoms with E-state index in [4.69, 9.17) is 25.8 Å². The van der Waals surface area contributed by atoms with Crippen molar-refractivity contribution in [2.45, 2.75) is 26.4 Å². The number of carbonyl (C=O) groups is 1. The summed E-state index contributed by atoms with van der Waals surface area (Å²) in [4.78, 5) is 16.4. The van der Waals surface area contributed by atoms with E-state index in [1.165, 1.54) is 11.3 Å². The number of benzene rings is 2. The Kier molecular flexibility index (Phi) is 5.43. The molecule has 6 nitrogen and oxygen atoms in total. The van der Waals surface area contributed by atoms with E-state index in [0.717, 1.165) is 16.0 Å². The maximum Gasteiger partial charge on any atom is 0.412 e. The predicted molar refractivity (Wildman–Crippen MR) is 108 cm³/mol. The Morgan fingerprint density at radius 2 is 1.93 bits per heavy atom. The van der Waals surface area contributed by atoms with Gasteiger partial charge in [0.15, 0.2) is 0 Å². The SMILES string of the molecule is COc1ccc2nc(Oc3cc(Cl)cc(NC(=O)OC(C)(C)C)c3)sc2c1. The van der Waals surface area contributed by atoms with Crippen LogP contribution in [0.4, 0.5) is 10.5 Å². The fourth-order valence-corrected chi connectivity index (χ4v) is 3.36. The molecule has 0 saturated carbocycles. The standard InChI is InChI=1S/C19H19ClN2O4S/c1-19(2,3)26-17(23)21-12-7-11(20)8-14(9-12)25-18-22-15-6-5-13(24-4)10-16(15)27-18/h5-10H,1-4H3,(H,21,23). The van der Waals surface area contributed by atoms with Gasteiger partial charge in [-0.1, -0.05) is 22.9 Å². The van der Waals surface area contributed by atoms with Crippen LogP contribution >= 0.6 is 22.9 Å². The predicted octanol–water partition coefficient (Wildman–Crippen LogP) is 6.10. The molecule has 3 aromatic rings. The maximum absolute atomic E-state index is 11.9. The fourth-order valence-electron chi connectivity index (χ4n) is 2.27.